The molecule has 2 heterocycles. The molecule has 0 spiro atoms. The van der Waals surface area contributed by atoms with Crippen molar-refractivity contribution in [3.05, 3.63) is 66.0 Å². The normalized spacial score (nSPS) is 17.8. The van der Waals surface area contributed by atoms with Crippen LogP contribution < -0.4 is 9.47 Å². The van der Waals surface area contributed by atoms with E-state index in [-0.39, 0.29) is 30.7 Å². The molecule has 4 rings (SSSR count). The molecule has 0 saturated carbocycles. The Bertz CT molecular complexity index is 1150. The van der Waals surface area contributed by atoms with Crippen molar-refractivity contribution in [3.63, 3.8) is 0 Å². The van der Waals surface area contributed by atoms with Gasteiger partial charge in [-0.2, -0.15) is 15.0 Å². The van der Waals surface area contributed by atoms with E-state index in [4.69, 9.17) is 14.2 Å². The van der Waals surface area contributed by atoms with E-state index in [2.05, 4.69) is 10.2 Å². The highest BCUT2D eigenvalue weighted by molar-refractivity contribution is 5.98. The average molecular weight is 466 g/mol. The Labute approximate surface area is 196 Å². The SMILES string of the molecule is COC(=O)c1c(OC)cccc1O[C@@H]1CC[C@@H](CO)N(C(=O)c2ccccc2-n2nccn2)C1. The number of carbonyl (C=O) groups excluding carboxylic acids is 2. The summed E-state index contributed by atoms with van der Waals surface area (Å²) in [6, 6.07) is 11.7. The van der Waals surface area contributed by atoms with Crippen LogP contribution in [0.4, 0.5) is 0 Å². The number of hydrogen-bond donors (Lipinski definition) is 1. The van der Waals surface area contributed by atoms with Crippen molar-refractivity contribution in [1.82, 2.24) is 19.9 Å². The maximum Gasteiger partial charge on any atom is 0.345 e. The Morgan fingerprint density at radius 3 is 2.47 bits per heavy atom. The minimum atomic E-state index is -0.579. The number of nitrogens with zero attached hydrogens (tertiary/aromatic N) is 4. The molecule has 34 heavy (non-hydrogen) atoms. The number of piperidine rings is 1. The minimum Gasteiger partial charge on any atom is -0.496 e. The average Bonchev–Trinajstić information content (AvgIpc) is 3.42. The van der Waals surface area contributed by atoms with Gasteiger partial charge in [-0.15, -0.1) is 0 Å². The quantitative estimate of drug-likeness (QED) is 0.527. The zero-order valence-corrected chi connectivity index (χ0v) is 19.0. The molecule has 1 N–H and O–H groups in total. The lowest BCUT2D eigenvalue weighted by atomic mass is 9.98. The molecule has 2 atom stereocenters. The van der Waals surface area contributed by atoms with Gasteiger partial charge in [-0.25, -0.2) is 4.79 Å². The maximum absolute atomic E-state index is 13.6. The van der Waals surface area contributed by atoms with Crippen LogP contribution in [0.2, 0.25) is 0 Å². The van der Waals surface area contributed by atoms with Gasteiger partial charge >= 0.3 is 5.97 Å². The summed E-state index contributed by atoms with van der Waals surface area (Å²) in [5, 5.41) is 18.2. The summed E-state index contributed by atoms with van der Waals surface area (Å²) in [4.78, 5) is 29.0. The van der Waals surface area contributed by atoms with Crippen LogP contribution in [0.1, 0.15) is 33.6 Å². The molecular formula is C24H26N4O6. The molecule has 0 unspecified atom stereocenters. The molecule has 1 aliphatic heterocycles. The predicted octanol–water partition coefficient (Wildman–Crippen LogP) is 2.11. The van der Waals surface area contributed by atoms with Crippen molar-refractivity contribution in [1.29, 1.82) is 0 Å². The molecule has 0 bridgehead atoms. The fourth-order valence-electron chi connectivity index (χ4n) is 4.11. The van der Waals surface area contributed by atoms with Crippen molar-refractivity contribution in [3.8, 4) is 17.2 Å². The zero-order chi connectivity index (χ0) is 24.1. The number of carbonyl (C=O) groups is 2. The van der Waals surface area contributed by atoms with Gasteiger partial charge in [0.05, 0.1) is 57.1 Å². The van der Waals surface area contributed by atoms with Crippen molar-refractivity contribution < 1.29 is 28.9 Å². The van der Waals surface area contributed by atoms with Crippen molar-refractivity contribution in [2.45, 2.75) is 25.0 Å². The Balaban J connectivity index is 1.61. The Hall–Kier alpha value is -3.92. The van der Waals surface area contributed by atoms with Gasteiger partial charge in [0.2, 0.25) is 0 Å². The van der Waals surface area contributed by atoms with Gasteiger partial charge in [0.25, 0.3) is 5.91 Å². The van der Waals surface area contributed by atoms with Gasteiger partial charge in [-0.1, -0.05) is 18.2 Å². The molecule has 2 aromatic carbocycles. The summed E-state index contributed by atoms with van der Waals surface area (Å²) in [5.41, 5.74) is 1.14. The largest absolute Gasteiger partial charge is 0.496 e. The van der Waals surface area contributed by atoms with Crippen molar-refractivity contribution >= 4 is 11.9 Å². The van der Waals surface area contributed by atoms with Crippen LogP contribution in [0.3, 0.4) is 0 Å². The number of esters is 1. The molecule has 3 aromatic rings. The van der Waals surface area contributed by atoms with E-state index in [1.165, 1.54) is 31.4 Å². The van der Waals surface area contributed by atoms with Crippen LogP contribution in [-0.2, 0) is 4.74 Å². The van der Waals surface area contributed by atoms with Gasteiger partial charge < -0.3 is 24.2 Å². The second-order valence-corrected chi connectivity index (χ2v) is 7.77. The fourth-order valence-corrected chi connectivity index (χ4v) is 4.11. The lowest BCUT2D eigenvalue weighted by Crippen LogP contribution is -2.52. The summed E-state index contributed by atoms with van der Waals surface area (Å²) in [6.45, 7) is 0.0516. The molecule has 1 fully saturated rings. The first kappa shape index (κ1) is 23.2. The lowest BCUT2D eigenvalue weighted by Gasteiger charge is -2.39. The highest BCUT2D eigenvalue weighted by Crippen LogP contribution is 2.32. The van der Waals surface area contributed by atoms with Crippen LogP contribution in [0.5, 0.6) is 11.5 Å². The van der Waals surface area contributed by atoms with Gasteiger partial charge in [0.1, 0.15) is 23.2 Å². The number of aliphatic hydroxyl groups excluding tert-OH is 1. The third kappa shape index (κ3) is 4.58. The van der Waals surface area contributed by atoms with Gasteiger partial charge in [0.15, 0.2) is 0 Å². The topological polar surface area (TPSA) is 116 Å². The summed E-state index contributed by atoms with van der Waals surface area (Å²) >= 11 is 0. The molecule has 1 saturated heterocycles. The molecule has 10 heteroatoms. The Morgan fingerprint density at radius 1 is 1.03 bits per heavy atom. The Morgan fingerprint density at radius 2 is 1.76 bits per heavy atom. The molecule has 178 valence electrons. The maximum atomic E-state index is 13.6. The summed E-state index contributed by atoms with van der Waals surface area (Å²) < 4.78 is 16.4. The van der Waals surface area contributed by atoms with E-state index in [9.17, 15) is 14.7 Å². The van der Waals surface area contributed by atoms with E-state index < -0.39 is 12.1 Å². The number of methoxy groups -OCH3 is 2. The third-order valence-corrected chi connectivity index (χ3v) is 5.79. The second kappa shape index (κ2) is 10.3. The number of para-hydroxylation sites is 1. The van der Waals surface area contributed by atoms with Crippen LogP contribution in [0.15, 0.2) is 54.9 Å². The number of aromatic nitrogens is 3. The highest BCUT2D eigenvalue weighted by atomic mass is 16.5. The molecule has 1 amide bonds. The molecular weight excluding hydrogens is 440 g/mol. The Kier molecular flexibility index (Phi) is 7.07. The van der Waals surface area contributed by atoms with E-state index in [1.54, 1.807) is 47.4 Å². The third-order valence-electron chi connectivity index (χ3n) is 5.79. The smallest absolute Gasteiger partial charge is 0.345 e. The highest BCUT2D eigenvalue weighted by Gasteiger charge is 2.34. The van der Waals surface area contributed by atoms with Crippen LogP contribution in [0, 0.1) is 0 Å². The number of rotatable bonds is 7. The van der Waals surface area contributed by atoms with Crippen LogP contribution in [0.25, 0.3) is 5.69 Å². The molecule has 0 radical (unpaired) electrons. The minimum absolute atomic E-state index is 0.173. The van der Waals surface area contributed by atoms with Gasteiger partial charge in [-0.05, 0) is 37.1 Å². The summed E-state index contributed by atoms with van der Waals surface area (Å²) in [7, 11) is 2.75. The molecule has 1 aromatic heterocycles. The number of aliphatic hydroxyl groups is 1. The first-order valence-corrected chi connectivity index (χ1v) is 10.9. The number of benzene rings is 2. The number of amides is 1. The molecule has 10 nitrogen and oxygen atoms in total. The lowest BCUT2D eigenvalue weighted by molar-refractivity contribution is 0.0204. The van der Waals surface area contributed by atoms with E-state index in [0.717, 1.165) is 0 Å². The second-order valence-electron chi connectivity index (χ2n) is 7.77. The van der Waals surface area contributed by atoms with Gasteiger partial charge in [-0.3, -0.25) is 4.79 Å². The number of hydrogen-bond acceptors (Lipinski definition) is 8. The van der Waals surface area contributed by atoms with Crippen molar-refractivity contribution in [2.75, 3.05) is 27.4 Å². The number of likely N-dealkylation sites (tertiary alicyclic amines) is 1. The summed E-state index contributed by atoms with van der Waals surface area (Å²) in [5.74, 6) is -0.196. The number of ether oxygens (including phenoxy) is 3. The van der Waals surface area contributed by atoms with Crippen LogP contribution in [-0.4, -0.2) is 76.4 Å². The predicted molar refractivity (Wildman–Crippen MR) is 121 cm³/mol. The van der Waals surface area contributed by atoms with E-state index in [0.29, 0.717) is 35.6 Å². The van der Waals surface area contributed by atoms with Gasteiger partial charge in [0, 0.05) is 0 Å². The van der Waals surface area contributed by atoms with E-state index >= 15 is 0 Å². The standard InChI is InChI=1S/C24H26N4O6/c1-32-20-8-5-9-21(22(20)24(31)33-2)34-17-11-10-16(15-29)27(14-17)23(30)18-6-3-4-7-19(18)28-25-12-13-26-28/h3-9,12-13,16-17,29H,10-11,14-15H2,1-2H3/t16-,17+/m0/s1. The fraction of sp³-hybridized carbons (Fsp3) is 0.333. The first-order chi connectivity index (χ1) is 16.6. The molecule has 0 aliphatic carbocycles. The molecule has 1 aliphatic rings. The van der Waals surface area contributed by atoms with E-state index in [1.807, 2.05) is 0 Å². The van der Waals surface area contributed by atoms with Crippen molar-refractivity contribution in [2.24, 2.45) is 0 Å². The summed E-state index contributed by atoms with van der Waals surface area (Å²) in [6.07, 6.45) is 3.80. The van der Waals surface area contributed by atoms with Crippen LogP contribution >= 0.6 is 0 Å². The monoisotopic (exact) mass is 466 g/mol. The first-order valence-electron chi connectivity index (χ1n) is 10.9. The zero-order valence-electron chi connectivity index (χ0n) is 19.0.